The Balaban J connectivity index is 1.30. The topological polar surface area (TPSA) is 99.2 Å². The number of hydrogen-bond donors (Lipinski definition) is 1. The number of ether oxygens (including phenoxy) is 1. The molecule has 2 aromatic carbocycles. The molecule has 2 aliphatic rings. The summed E-state index contributed by atoms with van der Waals surface area (Å²) in [7, 11) is 0. The van der Waals surface area contributed by atoms with Gasteiger partial charge in [0.15, 0.2) is 5.65 Å². The summed E-state index contributed by atoms with van der Waals surface area (Å²) in [6.07, 6.45) is 5.50. The van der Waals surface area contributed by atoms with E-state index in [0.717, 1.165) is 59.6 Å². The van der Waals surface area contributed by atoms with E-state index in [1.165, 1.54) is 23.5 Å². The van der Waals surface area contributed by atoms with Gasteiger partial charge in [-0.1, -0.05) is 30.4 Å². The van der Waals surface area contributed by atoms with Crippen LogP contribution in [0.2, 0.25) is 0 Å². The van der Waals surface area contributed by atoms with Gasteiger partial charge in [0, 0.05) is 18.7 Å². The van der Waals surface area contributed by atoms with Crippen LogP contribution in [0.15, 0.2) is 84.7 Å². The molecular weight excluding hydrogens is 452 g/mol. The molecule has 0 saturated carbocycles. The molecule has 2 aromatic heterocycles. The number of fused-ring (bicyclic) bond motifs is 1. The average Bonchev–Trinajstić information content (AvgIpc) is 3.51. The fraction of sp³-hybridized carbons (Fsp3) is 0.214. The Morgan fingerprint density at radius 1 is 1.03 bits per heavy atom. The third-order valence-corrected chi connectivity index (χ3v) is 6.99. The number of hydrogen-bond acceptors (Lipinski definition) is 6. The molecule has 0 saturated heterocycles. The number of anilines is 1. The maximum Gasteiger partial charge on any atom is 0.246 e. The number of benzene rings is 2. The van der Waals surface area contributed by atoms with E-state index in [1.807, 2.05) is 64.2 Å². The summed E-state index contributed by atoms with van der Waals surface area (Å²) in [6, 6.07) is 17.6. The van der Waals surface area contributed by atoms with Crippen molar-refractivity contribution in [1.82, 2.24) is 24.6 Å². The van der Waals surface area contributed by atoms with Crippen molar-refractivity contribution in [2.75, 3.05) is 18.8 Å². The van der Waals surface area contributed by atoms with Gasteiger partial charge >= 0.3 is 0 Å². The number of para-hydroxylation sites is 1. The number of nitrogens with two attached hydrogens (primary N) is 1. The Morgan fingerprint density at radius 3 is 2.56 bits per heavy atom. The quantitative estimate of drug-likeness (QED) is 0.323. The summed E-state index contributed by atoms with van der Waals surface area (Å²) < 4.78 is 7.94. The van der Waals surface area contributed by atoms with Crippen LogP contribution >= 0.6 is 0 Å². The SMILES string of the molecule is C=CC(=O)N1CCC2=C(C[C@@H](n3nc(-c4ccc(Oc5ccccc5)cc4)c4c(N)ncnc43)C2)C1. The Hall–Kier alpha value is -4.46. The van der Waals surface area contributed by atoms with E-state index in [2.05, 4.69) is 16.5 Å². The first-order valence-corrected chi connectivity index (χ1v) is 12.0. The first kappa shape index (κ1) is 22.0. The van der Waals surface area contributed by atoms with Gasteiger partial charge in [0.1, 0.15) is 29.3 Å². The van der Waals surface area contributed by atoms with Crippen molar-refractivity contribution in [3.05, 3.63) is 84.7 Å². The minimum Gasteiger partial charge on any atom is -0.457 e. The summed E-state index contributed by atoms with van der Waals surface area (Å²) >= 11 is 0. The number of nitrogens with zero attached hydrogens (tertiary/aromatic N) is 5. The fourth-order valence-corrected chi connectivity index (χ4v) is 5.21. The normalized spacial score (nSPS) is 17.3. The van der Waals surface area contributed by atoms with Crippen molar-refractivity contribution in [3.8, 4) is 22.8 Å². The maximum absolute atomic E-state index is 12.1. The molecular formula is C28H26N6O2. The summed E-state index contributed by atoms with van der Waals surface area (Å²) in [4.78, 5) is 22.8. The van der Waals surface area contributed by atoms with Gasteiger partial charge in [-0.2, -0.15) is 5.10 Å². The second-order valence-electron chi connectivity index (χ2n) is 9.17. The molecule has 1 aliphatic carbocycles. The third kappa shape index (κ3) is 3.90. The summed E-state index contributed by atoms with van der Waals surface area (Å²) in [5.41, 5.74) is 11.5. The Kier molecular flexibility index (Phi) is 5.48. The first-order chi connectivity index (χ1) is 17.6. The Morgan fingerprint density at radius 2 is 1.78 bits per heavy atom. The maximum atomic E-state index is 12.1. The van der Waals surface area contributed by atoms with Crippen molar-refractivity contribution in [1.29, 1.82) is 0 Å². The molecule has 1 amide bonds. The molecule has 1 aliphatic heterocycles. The van der Waals surface area contributed by atoms with E-state index in [4.69, 9.17) is 15.6 Å². The van der Waals surface area contributed by atoms with Crippen LogP contribution in [-0.4, -0.2) is 43.6 Å². The molecule has 36 heavy (non-hydrogen) atoms. The van der Waals surface area contributed by atoms with Crippen molar-refractivity contribution >= 4 is 22.8 Å². The van der Waals surface area contributed by atoms with Gasteiger partial charge < -0.3 is 15.4 Å². The molecule has 1 atom stereocenters. The molecule has 8 heteroatoms. The largest absolute Gasteiger partial charge is 0.457 e. The minimum atomic E-state index is -0.0166. The van der Waals surface area contributed by atoms with Crippen LogP contribution in [0.5, 0.6) is 11.5 Å². The molecule has 0 fully saturated rings. The van der Waals surface area contributed by atoms with E-state index >= 15 is 0 Å². The number of amides is 1. The standard InChI is InChI=1S/C28H26N6O2/c1-2-24(35)33-13-12-19-14-21(15-20(19)16-33)34-28-25(27(29)30-17-31-28)26(32-34)18-8-10-23(11-9-18)36-22-6-4-3-5-7-22/h2-11,17,21H,1,12-16H2,(H2,29,30,31)/t21-/m0/s1. The zero-order valence-electron chi connectivity index (χ0n) is 19.8. The molecule has 4 aromatic rings. The molecule has 2 N–H and O–H groups in total. The van der Waals surface area contributed by atoms with E-state index < -0.39 is 0 Å². The number of aromatic nitrogens is 4. The number of nitrogen functional groups attached to an aromatic ring is 1. The Bertz CT molecular complexity index is 1490. The molecule has 0 spiro atoms. The lowest BCUT2D eigenvalue weighted by atomic mass is 10.0. The predicted octanol–water partition coefficient (Wildman–Crippen LogP) is 4.92. The number of carbonyl (C=O) groups excluding carboxylic acids is 1. The van der Waals surface area contributed by atoms with Crippen molar-refractivity contribution in [2.24, 2.45) is 0 Å². The van der Waals surface area contributed by atoms with Crippen LogP contribution in [-0.2, 0) is 4.79 Å². The van der Waals surface area contributed by atoms with Gasteiger partial charge in [0.25, 0.3) is 0 Å². The number of rotatable bonds is 5. The predicted molar refractivity (Wildman–Crippen MR) is 138 cm³/mol. The molecule has 8 nitrogen and oxygen atoms in total. The zero-order chi connectivity index (χ0) is 24.6. The zero-order valence-corrected chi connectivity index (χ0v) is 19.8. The van der Waals surface area contributed by atoms with Gasteiger partial charge in [0.2, 0.25) is 5.91 Å². The molecule has 0 unspecified atom stereocenters. The van der Waals surface area contributed by atoms with Crippen LogP contribution in [0.1, 0.15) is 25.3 Å². The van der Waals surface area contributed by atoms with Gasteiger partial charge in [-0.25, -0.2) is 14.6 Å². The lowest BCUT2D eigenvalue weighted by Crippen LogP contribution is -2.35. The van der Waals surface area contributed by atoms with Gasteiger partial charge in [0.05, 0.1) is 11.4 Å². The summed E-state index contributed by atoms with van der Waals surface area (Å²) in [6.45, 7) is 5.01. The van der Waals surface area contributed by atoms with E-state index in [-0.39, 0.29) is 11.9 Å². The molecule has 3 heterocycles. The van der Waals surface area contributed by atoms with E-state index in [9.17, 15) is 4.79 Å². The van der Waals surface area contributed by atoms with Crippen LogP contribution in [0, 0.1) is 0 Å². The van der Waals surface area contributed by atoms with Gasteiger partial charge in [-0.05, 0) is 67.3 Å². The average molecular weight is 479 g/mol. The highest BCUT2D eigenvalue weighted by Crippen LogP contribution is 2.42. The third-order valence-electron chi connectivity index (χ3n) is 6.99. The van der Waals surface area contributed by atoms with Crippen molar-refractivity contribution in [3.63, 3.8) is 0 Å². The van der Waals surface area contributed by atoms with Crippen LogP contribution in [0.3, 0.4) is 0 Å². The summed E-state index contributed by atoms with van der Waals surface area (Å²) in [5, 5.41) is 5.77. The van der Waals surface area contributed by atoms with Crippen LogP contribution in [0.4, 0.5) is 5.82 Å². The monoisotopic (exact) mass is 478 g/mol. The highest BCUT2D eigenvalue weighted by molar-refractivity contribution is 5.98. The second-order valence-corrected chi connectivity index (χ2v) is 9.17. The van der Waals surface area contributed by atoms with Crippen molar-refractivity contribution in [2.45, 2.75) is 25.3 Å². The van der Waals surface area contributed by atoms with E-state index in [1.54, 1.807) is 0 Å². The molecule has 6 rings (SSSR count). The minimum absolute atomic E-state index is 0.0166. The number of carbonyl (C=O) groups is 1. The second kappa shape index (κ2) is 8.96. The Labute approximate surface area is 208 Å². The molecule has 0 bridgehead atoms. The van der Waals surface area contributed by atoms with Crippen LogP contribution in [0.25, 0.3) is 22.3 Å². The summed E-state index contributed by atoms with van der Waals surface area (Å²) in [5.74, 6) is 1.91. The highest BCUT2D eigenvalue weighted by atomic mass is 16.5. The van der Waals surface area contributed by atoms with E-state index in [0.29, 0.717) is 12.4 Å². The van der Waals surface area contributed by atoms with Crippen molar-refractivity contribution < 1.29 is 9.53 Å². The smallest absolute Gasteiger partial charge is 0.246 e. The van der Waals surface area contributed by atoms with Gasteiger partial charge in [-0.15, -0.1) is 0 Å². The van der Waals surface area contributed by atoms with Crippen LogP contribution < -0.4 is 10.5 Å². The lowest BCUT2D eigenvalue weighted by molar-refractivity contribution is -0.125. The fourth-order valence-electron chi connectivity index (χ4n) is 5.21. The first-order valence-electron chi connectivity index (χ1n) is 12.0. The molecule has 0 radical (unpaired) electrons. The lowest BCUT2D eigenvalue weighted by Gasteiger charge is -2.27. The highest BCUT2D eigenvalue weighted by Gasteiger charge is 2.33. The van der Waals surface area contributed by atoms with Gasteiger partial charge in [-0.3, -0.25) is 4.79 Å². The molecule has 180 valence electrons.